The van der Waals surface area contributed by atoms with Crippen LogP contribution in [0.25, 0.3) is 0 Å². The second-order valence-corrected chi connectivity index (χ2v) is 5.85. The molecule has 0 aromatic heterocycles. The Balaban J connectivity index is 2.02. The predicted molar refractivity (Wildman–Crippen MR) is 78.9 cm³/mol. The molecule has 0 amide bonds. The number of methoxy groups -OCH3 is 1. The summed E-state index contributed by atoms with van der Waals surface area (Å²) in [5, 5.41) is 0. The molecule has 0 radical (unpaired) electrons. The van der Waals surface area contributed by atoms with Crippen LogP contribution >= 0.6 is 0 Å². The van der Waals surface area contributed by atoms with Gasteiger partial charge in [-0.25, -0.2) is 4.39 Å². The molecular weight excluding hydrogens is 255 g/mol. The van der Waals surface area contributed by atoms with Crippen molar-refractivity contribution in [2.24, 2.45) is 5.73 Å². The summed E-state index contributed by atoms with van der Waals surface area (Å²) in [5.41, 5.74) is 7.23. The quantitative estimate of drug-likeness (QED) is 0.901. The molecule has 2 rings (SSSR count). The maximum absolute atomic E-state index is 13.0. The fraction of sp³-hybridized carbons (Fsp3) is 0.625. The molecule has 0 bridgehead atoms. The lowest BCUT2D eigenvalue weighted by Gasteiger charge is -2.45. The lowest BCUT2D eigenvalue weighted by atomic mass is 9.79. The van der Waals surface area contributed by atoms with Gasteiger partial charge in [0.05, 0.1) is 6.10 Å². The van der Waals surface area contributed by atoms with E-state index in [1.165, 1.54) is 12.1 Å². The van der Waals surface area contributed by atoms with Gasteiger partial charge in [0, 0.05) is 25.7 Å². The Morgan fingerprint density at radius 3 is 2.40 bits per heavy atom. The largest absolute Gasteiger partial charge is 0.381 e. The minimum absolute atomic E-state index is 0.0451. The van der Waals surface area contributed by atoms with Gasteiger partial charge >= 0.3 is 0 Å². The van der Waals surface area contributed by atoms with Crippen LogP contribution in [0, 0.1) is 5.82 Å². The number of benzene rings is 1. The highest BCUT2D eigenvalue weighted by atomic mass is 19.1. The fourth-order valence-electron chi connectivity index (χ4n) is 3.14. The van der Waals surface area contributed by atoms with Crippen LogP contribution < -0.4 is 5.73 Å². The number of likely N-dealkylation sites (N-methyl/N-ethyl adjacent to an activating group) is 1. The molecule has 1 aliphatic carbocycles. The van der Waals surface area contributed by atoms with Crippen LogP contribution in [-0.4, -0.2) is 37.2 Å². The summed E-state index contributed by atoms with van der Waals surface area (Å²) in [5.74, 6) is -0.189. The lowest BCUT2D eigenvalue weighted by molar-refractivity contribution is 0.000497. The number of hydrogen-bond donors (Lipinski definition) is 1. The standard InChI is InChI=1S/C16H25FN2O/c1-19(11-13-3-5-14(17)6-4-13)16(12-18)9-7-15(20-2)8-10-16/h3-6,15H,7-12,18H2,1-2H3. The SMILES string of the molecule is COC1CCC(CN)(N(C)Cc2ccc(F)cc2)CC1. The summed E-state index contributed by atoms with van der Waals surface area (Å²) < 4.78 is 18.4. The van der Waals surface area contributed by atoms with Crippen molar-refractivity contribution in [1.29, 1.82) is 0 Å². The Bertz CT molecular complexity index is 413. The maximum Gasteiger partial charge on any atom is 0.123 e. The van der Waals surface area contributed by atoms with Crippen LogP contribution in [0.2, 0.25) is 0 Å². The van der Waals surface area contributed by atoms with E-state index in [1.807, 2.05) is 12.1 Å². The Labute approximate surface area is 120 Å². The van der Waals surface area contributed by atoms with Crippen LogP contribution in [0.1, 0.15) is 31.2 Å². The predicted octanol–water partition coefficient (Wildman–Crippen LogP) is 2.54. The molecule has 0 spiro atoms. The molecule has 1 fully saturated rings. The molecule has 112 valence electrons. The lowest BCUT2D eigenvalue weighted by Crippen LogP contribution is -2.54. The van der Waals surface area contributed by atoms with Gasteiger partial charge in [-0.1, -0.05) is 12.1 Å². The van der Waals surface area contributed by atoms with Gasteiger partial charge in [-0.2, -0.15) is 0 Å². The minimum atomic E-state index is -0.189. The van der Waals surface area contributed by atoms with E-state index in [1.54, 1.807) is 7.11 Å². The minimum Gasteiger partial charge on any atom is -0.381 e. The van der Waals surface area contributed by atoms with E-state index in [0.717, 1.165) is 37.8 Å². The Morgan fingerprint density at radius 1 is 1.30 bits per heavy atom. The highest BCUT2D eigenvalue weighted by Gasteiger charge is 2.37. The fourth-order valence-corrected chi connectivity index (χ4v) is 3.14. The third-order valence-electron chi connectivity index (χ3n) is 4.72. The Kier molecular flexibility index (Phi) is 5.13. The molecule has 0 unspecified atom stereocenters. The molecule has 3 nitrogen and oxygen atoms in total. The first-order valence-electron chi connectivity index (χ1n) is 7.28. The van der Waals surface area contributed by atoms with E-state index in [9.17, 15) is 4.39 Å². The topological polar surface area (TPSA) is 38.5 Å². The third-order valence-corrected chi connectivity index (χ3v) is 4.72. The maximum atomic E-state index is 13.0. The molecule has 0 atom stereocenters. The second kappa shape index (κ2) is 6.66. The number of halogens is 1. The molecule has 4 heteroatoms. The zero-order valence-electron chi connectivity index (χ0n) is 12.4. The summed E-state index contributed by atoms with van der Waals surface area (Å²) >= 11 is 0. The van der Waals surface area contributed by atoms with Crippen LogP contribution in [0.5, 0.6) is 0 Å². The molecule has 20 heavy (non-hydrogen) atoms. The molecule has 1 saturated carbocycles. The summed E-state index contributed by atoms with van der Waals surface area (Å²) in [4.78, 5) is 2.33. The number of rotatable bonds is 5. The van der Waals surface area contributed by atoms with Gasteiger partial charge in [-0.05, 0) is 50.4 Å². The van der Waals surface area contributed by atoms with Crippen molar-refractivity contribution in [2.75, 3.05) is 20.7 Å². The van der Waals surface area contributed by atoms with Crippen molar-refractivity contribution in [3.05, 3.63) is 35.6 Å². The van der Waals surface area contributed by atoms with Gasteiger partial charge in [0.2, 0.25) is 0 Å². The first-order valence-corrected chi connectivity index (χ1v) is 7.28. The summed E-state index contributed by atoms with van der Waals surface area (Å²) in [6.45, 7) is 1.45. The van der Waals surface area contributed by atoms with Gasteiger partial charge in [0.25, 0.3) is 0 Å². The second-order valence-electron chi connectivity index (χ2n) is 5.85. The van der Waals surface area contributed by atoms with E-state index in [2.05, 4.69) is 11.9 Å². The number of nitrogens with two attached hydrogens (primary N) is 1. The molecular formula is C16H25FN2O. The molecule has 0 aliphatic heterocycles. The van der Waals surface area contributed by atoms with E-state index >= 15 is 0 Å². The molecule has 1 aromatic rings. The van der Waals surface area contributed by atoms with Crippen molar-refractivity contribution in [2.45, 2.75) is 43.9 Å². The molecule has 1 aliphatic rings. The average Bonchev–Trinajstić information content (AvgIpc) is 2.49. The van der Waals surface area contributed by atoms with Crippen molar-refractivity contribution in [3.63, 3.8) is 0 Å². The summed E-state index contributed by atoms with van der Waals surface area (Å²) in [6, 6.07) is 6.72. The van der Waals surface area contributed by atoms with Crippen molar-refractivity contribution < 1.29 is 9.13 Å². The highest BCUT2D eigenvalue weighted by molar-refractivity contribution is 5.16. The first kappa shape index (κ1) is 15.4. The van der Waals surface area contributed by atoms with Crippen molar-refractivity contribution >= 4 is 0 Å². The summed E-state index contributed by atoms with van der Waals surface area (Å²) in [7, 11) is 3.89. The monoisotopic (exact) mass is 280 g/mol. The number of hydrogen-bond acceptors (Lipinski definition) is 3. The summed E-state index contributed by atoms with van der Waals surface area (Å²) in [6.07, 6.45) is 4.59. The molecule has 1 aromatic carbocycles. The van der Waals surface area contributed by atoms with Crippen molar-refractivity contribution in [3.8, 4) is 0 Å². The zero-order chi connectivity index (χ0) is 14.6. The van der Waals surface area contributed by atoms with Gasteiger partial charge in [0.1, 0.15) is 5.82 Å². The zero-order valence-corrected chi connectivity index (χ0v) is 12.4. The van der Waals surface area contributed by atoms with Crippen LogP contribution in [-0.2, 0) is 11.3 Å². The van der Waals surface area contributed by atoms with Crippen LogP contribution in [0.3, 0.4) is 0 Å². The Morgan fingerprint density at radius 2 is 1.90 bits per heavy atom. The Hall–Kier alpha value is -0.970. The molecule has 0 saturated heterocycles. The van der Waals surface area contributed by atoms with Crippen molar-refractivity contribution in [1.82, 2.24) is 4.90 Å². The van der Waals surface area contributed by atoms with Gasteiger partial charge in [-0.3, -0.25) is 4.90 Å². The van der Waals surface area contributed by atoms with E-state index in [0.29, 0.717) is 12.6 Å². The van der Waals surface area contributed by atoms with E-state index in [4.69, 9.17) is 10.5 Å². The van der Waals surface area contributed by atoms with Gasteiger partial charge in [0.15, 0.2) is 0 Å². The number of nitrogens with zero attached hydrogens (tertiary/aromatic N) is 1. The average molecular weight is 280 g/mol. The number of ether oxygens (including phenoxy) is 1. The van der Waals surface area contributed by atoms with Crippen LogP contribution in [0.4, 0.5) is 4.39 Å². The molecule has 0 heterocycles. The third kappa shape index (κ3) is 3.37. The van der Waals surface area contributed by atoms with E-state index < -0.39 is 0 Å². The molecule has 2 N–H and O–H groups in total. The smallest absolute Gasteiger partial charge is 0.123 e. The normalized spacial score (nSPS) is 26.9. The van der Waals surface area contributed by atoms with E-state index in [-0.39, 0.29) is 11.4 Å². The highest BCUT2D eigenvalue weighted by Crippen LogP contribution is 2.34. The van der Waals surface area contributed by atoms with Crippen LogP contribution in [0.15, 0.2) is 24.3 Å². The van der Waals surface area contributed by atoms with Gasteiger partial charge < -0.3 is 10.5 Å². The van der Waals surface area contributed by atoms with Gasteiger partial charge in [-0.15, -0.1) is 0 Å². The first-order chi connectivity index (χ1) is 9.59.